The lowest BCUT2D eigenvalue weighted by atomic mass is 10.0. The van der Waals surface area contributed by atoms with E-state index in [0.29, 0.717) is 16.8 Å². The molecule has 0 amide bonds. The molecule has 0 fully saturated rings. The lowest BCUT2D eigenvalue weighted by Gasteiger charge is -2.09. The lowest BCUT2D eigenvalue weighted by molar-refractivity contribution is 0.0427. The number of hydrogen-bond acceptors (Lipinski definition) is 6. The van der Waals surface area contributed by atoms with E-state index in [4.69, 9.17) is 13.7 Å². The molecule has 3 rings (SSSR count). The Kier molecular flexibility index (Phi) is 3.73. The van der Waals surface area contributed by atoms with Crippen molar-refractivity contribution in [2.24, 2.45) is 0 Å². The molecule has 0 saturated heterocycles. The predicted molar refractivity (Wildman–Crippen MR) is 82.3 cm³/mol. The maximum atomic E-state index is 11.9. The maximum absolute atomic E-state index is 11.9. The summed E-state index contributed by atoms with van der Waals surface area (Å²) in [5.74, 6) is -0.599. The van der Waals surface area contributed by atoms with Gasteiger partial charge in [-0.2, -0.15) is 0 Å². The first kappa shape index (κ1) is 15.0. The van der Waals surface area contributed by atoms with Crippen molar-refractivity contribution in [3.05, 3.63) is 62.8 Å². The lowest BCUT2D eigenvalue weighted by Crippen LogP contribution is -2.08. The molecular formula is C17H15NO5. The van der Waals surface area contributed by atoms with Gasteiger partial charge in [-0.25, -0.2) is 9.59 Å². The van der Waals surface area contributed by atoms with Crippen LogP contribution in [0.3, 0.4) is 0 Å². The monoisotopic (exact) mass is 313 g/mol. The largest absolute Gasteiger partial charge is 0.455 e. The average molecular weight is 313 g/mol. The zero-order chi connectivity index (χ0) is 16.6. The van der Waals surface area contributed by atoms with Gasteiger partial charge in [-0.05, 0) is 31.9 Å². The summed E-state index contributed by atoms with van der Waals surface area (Å²) < 4.78 is 15.3. The van der Waals surface area contributed by atoms with E-state index < -0.39 is 11.6 Å². The van der Waals surface area contributed by atoms with Gasteiger partial charge in [-0.15, -0.1) is 0 Å². The molecule has 0 unspecified atom stereocenters. The zero-order valence-electron chi connectivity index (χ0n) is 13.0. The summed E-state index contributed by atoms with van der Waals surface area (Å²) in [5.41, 5.74) is 3.12. The molecular weight excluding hydrogens is 298 g/mol. The zero-order valence-corrected chi connectivity index (χ0v) is 13.0. The Hall–Kier alpha value is -2.89. The summed E-state index contributed by atoms with van der Waals surface area (Å²) >= 11 is 0. The van der Waals surface area contributed by atoms with E-state index in [0.717, 1.165) is 16.5 Å². The van der Waals surface area contributed by atoms with E-state index >= 15 is 0 Å². The number of fused-ring (bicyclic) bond motifs is 1. The van der Waals surface area contributed by atoms with E-state index in [1.54, 1.807) is 6.92 Å². The SMILES string of the molecule is Cc1cc(C(=O)OCc2cc(=O)oc3c(C)c(C)ccc23)on1. The van der Waals surface area contributed by atoms with Crippen LogP contribution in [-0.4, -0.2) is 11.1 Å². The minimum Gasteiger partial charge on any atom is -0.455 e. The first-order valence-corrected chi connectivity index (χ1v) is 7.09. The van der Waals surface area contributed by atoms with Crippen molar-refractivity contribution < 1.29 is 18.5 Å². The maximum Gasteiger partial charge on any atom is 0.377 e. The van der Waals surface area contributed by atoms with Crippen LogP contribution in [0, 0.1) is 20.8 Å². The highest BCUT2D eigenvalue weighted by atomic mass is 16.6. The molecule has 23 heavy (non-hydrogen) atoms. The fourth-order valence-corrected chi connectivity index (χ4v) is 2.32. The second-order valence-electron chi connectivity index (χ2n) is 5.38. The number of benzene rings is 1. The first-order valence-electron chi connectivity index (χ1n) is 7.09. The van der Waals surface area contributed by atoms with E-state index in [1.165, 1.54) is 12.1 Å². The molecule has 0 aliphatic heterocycles. The number of esters is 1. The molecule has 0 saturated carbocycles. The molecule has 0 aliphatic rings. The van der Waals surface area contributed by atoms with E-state index in [1.807, 2.05) is 26.0 Å². The quantitative estimate of drug-likeness (QED) is 0.546. The molecule has 0 bridgehead atoms. The second-order valence-corrected chi connectivity index (χ2v) is 5.38. The fraction of sp³-hybridized carbons (Fsp3) is 0.235. The third-order valence-electron chi connectivity index (χ3n) is 3.71. The van der Waals surface area contributed by atoms with Crippen molar-refractivity contribution in [1.29, 1.82) is 0 Å². The molecule has 6 heteroatoms. The van der Waals surface area contributed by atoms with Crippen molar-refractivity contribution in [2.75, 3.05) is 0 Å². The van der Waals surface area contributed by atoms with Crippen molar-refractivity contribution in [3.63, 3.8) is 0 Å². The summed E-state index contributed by atoms with van der Waals surface area (Å²) in [4.78, 5) is 23.7. The summed E-state index contributed by atoms with van der Waals surface area (Å²) in [6.07, 6.45) is 0. The second kappa shape index (κ2) is 5.72. The molecule has 3 aromatic rings. The number of carbonyl (C=O) groups is 1. The number of hydrogen-bond donors (Lipinski definition) is 0. The molecule has 0 spiro atoms. The van der Waals surface area contributed by atoms with Gasteiger partial charge >= 0.3 is 11.6 Å². The minimum absolute atomic E-state index is 0.0294. The van der Waals surface area contributed by atoms with Crippen LogP contribution in [0.4, 0.5) is 0 Å². The van der Waals surface area contributed by atoms with Crippen molar-refractivity contribution in [2.45, 2.75) is 27.4 Å². The smallest absolute Gasteiger partial charge is 0.377 e. The van der Waals surface area contributed by atoms with Crippen molar-refractivity contribution >= 4 is 16.9 Å². The molecule has 0 atom stereocenters. The molecule has 6 nitrogen and oxygen atoms in total. The normalized spacial score (nSPS) is 10.9. The van der Waals surface area contributed by atoms with Crippen molar-refractivity contribution in [3.8, 4) is 0 Å². The van der Waals surface area contributed by atoms with Gasteiger partial charge in [0.2, 0.25) is 5.76 Å². The topological polar surface area (TPSA) is 82.5 Å². The molecule has 0 aliphatic carbocycles. The standard InChI is InChI=1S/C17H15NO5/c1-9-4-5-13-12(7-15(19)22-16(13)11(9)3)8-21-17(20)14-6-10(2)18-23-14/h4-7H,8H2,1-3H3. The first-order chi connectivity index (χ1) is 11.0. The third kappa shape index (κ3) is 2.88. The highest BCUT2D eigenvalue weighted by molar-refractivity contribution is 5.87. The van der Waals surface area contributed by atoms with E-state index in [9.17, 15) is 9.59 Å². The Balaban J connectivity index is 1.92. The van der Waals surface area contributed by atoms with Crippen LogP contribution in [0.25, 0.3) is 11.0 Å². The van der Waals surface area contributed by atoms with Crippen LogP contribution < -0.4 is 5.63 Å². The summed E-state index contributed by atoms with van der Waals surface area (Å²) in [7, 11) is 0. The number of rotatable bonds is 3. The van der Waals surface area contributed by atoms with Gasteiger partial charge in [0.25, 0.3) is 0 Å². The fourth-order valence-electron chi connectivity index (χ4n) is 2.32. The molecule has 0 radical (unpaired) electrons. The molecule has 0 N–H and O–H groups in total. The highest BCUT2D eigenvalue weighted by Gasteiger charge is 2.15. The minimum atomic E-state index is -0.629. The van der Waals surface area contributed by atoms with Gasteiger partial charge in [-0.3, -0.25) is 0 Å². The summed E-state index contributed by atoms with van der Waals surface area (Å²) in [6, 6.07) is 6.61. The van der Waals surface area contributed by atoms with Gasteiger partial charge in [0.05, 0.1) is 5.69 Å². The molecule has 2 aromatic heterocycles. The Labute approximate surface area is 131 Å². The van der Waals surface area contributed by atoms with E-state index in [-0.39, 0.29) is 12.4 Å². The number of ether oxygens (including phenoxy) is 1. The van der Waals surface area contributed by atoms with Gasteiger partial charge in [0.15, 0.2) is 0 Å². The Bertz CT molecular complexity index is 951. The molecule has 118 valence electrons. The summed E-state index contributed by atoms with van der Waals surface area (Å²) in [5, 5.41) is 4.38. The average Bonchev–Trinajstić information content (AvgIpc) is 2.95. The van der Waals surface area contributed by atoms with Gasteiger partial charge < -0.3 is 13.7 Å². The van der Waals surface area contributed by atoms with Gasteiger partial charge in [-0.1, -0.05) is 17.3 Å². The Morgan fingerprint density at radius 2 is 2.00 bits per heavy atom. The summed E-state index contributed by atoms with van der Waals surface area (Å²) in [6.45, 7) is 5.48. The molecule has 1 aromatic carbocycles. The Morgan fingerprint density at radius 3 is 2.70 bits per heavy atom. The predicted octanol–water partition coefficient (Wildman–Crippen LogP) is 3.06. The molecule has 2 heterocycles. The van der Waals surface area contributed by atoms with Crippen LogP contribution in [0.1, 0.15) is 32.9 Å². The number of carbonyl (C=O) groups excluding carboxylic acids is 1. The Morgan fingerprint density at radius 1 is 1.22 bits per heavy atom. The number of nitrogens with zero attached hydrogens (tertiary/aromatic N) is 1. The van der Waals surface area contributed by atoms with Crippen LogP contribution in [0.5, 0.6) is 0 Å². The van der Waals surface area contributed by atoms with Gasteiger partial charge in [0, 0.05) is 23.1 Å². The van der Waals surface area contributed by atoms with E-state index in [2.05, 4.69) is 5.16 Å². The third-order valence-corrected chi connectivity index (χ3v) is 3.71. The van der Waals surface area contributed by atoms with Crippen LogP contribution >= 0.6 is 0 Å². The van der Waals surface area contributed by atoms with Crippen LogP contribution in [0.15, 0.2) is 38.0 Å². The van der Waals surface area contributed by atoms with Crippen LogP contribution in [0.2, 0.25) is 0 Å². The van der Waals surface area contributed by atoms with Crippen molar-refractivity contribution in [1.82, 2.24) is 5.16 Å². The number of aryl methyl sites for hydroxylation is 3. The van der Waals surface area contributed by atoms with Gasteiger partial charge in [0.1, 0.15) is 12.2 Å². The number of aromatic nitrogens is 1. The van der Waals surface area contributed by atoms with Crippen LogP contribution in [-0.2, 0) is 11.3 Å². The highest BCUT2D eigenvalue weighted by Crippen LogP contribution is 2.23.